The lowest BCUT2D eigenvalue weighted by atomic mass is 10.1. The fourth-order valence-corrected chi connectivity index (χ4v) is 4.68. The third-order valence-corrected chi connectivity index (χ3v) is 6.83. The fraction of sp³-hybridized carbons (Fsp3) is 0.250. The Morgan fingerprint density at radius 3 is 2.68 bits per heavy atom. The highest BCUT2D eigenvalue weighted by Gasteiger charge is 2.39. The van der Waals surface area contributed by atoms with Crippen molar-refractivity contribution >= 4 is 61.8 Å². The molecule has 3 aromatic rings. The summed E-state index contributed by atoms with van der Waals surface area (Å²) >= 11 is 9.66. The molecule has 0 spiro atoms. The zero-order chi connectivity index (χ0) is 24.4. The Balaban J connectivity index is 1.42. The second-order valence-electron chi connectivity index (χ2n) is 8.14. The molecule has 1 aliphatic rings. The number of nitriles is 1. The molecule has 2 unspecified atom stereocenters. The molecule has 1 aromatic heterocycles. The number of benzene rings is 2. The van der Waals surface area contributed by atoms with Crippen molar-refractivity contribution in [3.63, 3.8) is 0 Å². The normalized spacial score (nSPS) is 17.4. The van der Waals surface area contributed by atoms with Gasteiger partial charge in [0.2, 0.25) is 11.8 Å². The first-order valence-corrected chi connectivity index (χ1v) is 11.7. The van der Waals surface area contributed by atoms with Gasteiger partial charge in [0, 0.05) is 29.1 Å². The molecular weight excluding hydrogens is 522 g/mol. The molecule has 3 amide bonds. The molecule has 4 rings (SSSR count). The maximum atomic E-state index is 13.0. The van der Waals surface area contributed by atoms with Crippen LogP contribution in [0.15, 0.2) is 53.0 Å². The van der Waals surface area contributed by atoms with Gasteiger partial charge >= 0.3 is 0 Å². The highest BCUT2D eigenvalue weighted by Crippen LogP contribution is 2.31. The summed E-state index contributed by atoms with van der Waals surface area (Å²) < 4.78 is 0.787. The maximum absolute atomic E-state index is 13.0. The number of aromatic nitrogens is 1. The van der Waals surface area contributed by atoms with E-state index in [-0.39, 0.29) is 31.1 Å². The number of hydrogen-bond acceptors (Lipinski definition) is 4. The Hall–Kier alpha value is -3.35. The van der Waals surface area contributed by atoms with Gasteiger partial charge in [-0.2, -0.15) is 5.26 Å². The highest BCUT2D eigenvalue weighted by molar-refractivity contribution is 9.10. The van der Waals surface area contributed by atoms with Crippen LogP contribution >= 0.6 is 27.5 Å². The summed E-state index contributed by atoms with van der Waals surface area (Å²) in [7, 11) is 1.51. The maximum Gasteiger partial charge on any atom is 0.270 e. The van der Waals surface area contributed by atoms with Crippen LogP contribution in [0.2, 0.25) is 5.02 Å². The summed E-state index contributed by atoms with van der Waals surface area (Å²) in [4.78, 5) is 44.2. The van der Waals surface area contributed by atoms with Crippen LogP contribution in [-0.2, 0) is 9.59 Å². The topological polar surface area (TPSA) is 109 Å². The third-order valence-electron chi connectivity index (χ3n) is 5.82. The van der Waals surface area contributed by atoms with Crippen LogP contribution in [0.4, 0.5) is 5.69 Å². The van der Waals surface area contributed by atoms with E-state index in [4.69, 9.17) is 11.6 Å². The molecule has 0 radical (unpaired) electrons. The average Bonchev–Trinajstić information content (AvgIpc) is 3.47. The van der Waals surface area contributed by atoms with E-state index in [9.17, 15) is 19.6 Å². The SMILES string of the molecule is CN(CC(=O)N1CC(C(=O)Nc2ccccc2)CC1C#N)C(=O)c1cc2c(Br)ccc(Cl)c2[nH]1. The zero-order valence-corrected chi connectivity index (χ0v) is 20.6. The molecule has 0 aliphatic carbocycles. The van der Waals surface area contributed by atoms with Gasteiger partial charge in [0.25, 0.3) is 5.91 Å². The van der Waals surface area contributed by atoms with E-state index in [1.807, 2.05) is 18.2 Å². The van der Waals surface area contributed by atoms with Crippen molar-refractivity contribution in [2.75, 3.05) is 25.5 Å². The molecule has 174 valence electrons. The van der Waals surface area contributed by atoms with Gasteiger partial charge in [-0.05, 0) is 36.8 Å². The van der Waals surface area contributed by atoms with Crippen LogP contribution in [0.25, 0.3) is 10.9 Å². The molecule has 0 bridgehead atoms. The van der Waals surface area contributed by atoms with Crippen LogP contribution in [0, 0.1) is 17.2 Å². The van der Waals surface area contributed by atoms with Crippen molar-refractivity contribution in [2.45, 2.75) is 12.5 Å². The van der Waals surface area contributed by atoms with Gasteiger partial charge in [-0.15, -0.1) is 0 Å². The summed E-state index contributed by atoms with van der Waals surface area (Å²) in [6, 6.07) is 15.6. The molecule has 2 heterocycles. The van der Waals surface area contributed by atoms with E-state index in [2.05, 4.69) is 32.3 Å². The second kappa shape index (κ2) is 9.87. The molecule has 10 heteroatoms. The molecule has 2 atom stereocenters. The molecule has 1 aliphatic heterocycles. The summed E-state index contributed by atoms with van der Waals surface area (Å²) in [5, 5.41) is 13.6. The van der Waals surface area contributed by atoms with Gasteiger partial charge in [-0.3, -0.25) is 14.4 Å². The van der Waals surface area contributed by atoms with Crippen molar-refractivity contribution in [1.82, 2.24) is 14.8 Å². The number of nitrogens with zero attached hydrogens (tertiary/aromatic N) is 3. The Morgan fingerprint density at radius 1 is 1.26 bits per heavy atom. The van der Waals surface area contributed by atoms with E-state index in [0.29, 0.717) is 16.2 Å². The largest absolute Gasteiger partial charge is 0.349 e. The van der Waals surface area contributed by atoms with Crippen molar-refractivity contribution < 1.29 is 14.4 Å². The number of carbonyl (C=O) groups excluding carboxylic acids is 3. The quantitative estimate of drug-likeness (QED) is 0.507. The van der Waals surface area contributed by atoms with E-state index in [1.54, 1.807) is 30.3 Å². The van der Waals surface area contributed by atoms with Gasteiger partial charge < -0.3 is 20.1 Å². The predicted molar refractivity (Wildman–Crippen MR) is 132 cm³/mol. The first-order chi connectivity index (χ1) is 16.3. The third kappa shape index (κ3) is 4.79. The number of nitrogens with one attached hydrogen (secondary N) is 2. The molecule has 0 saturated carbocycles. The molecule has 2 N–H and O–H groups in total. The van der Waals surface area contributed by atoms with Crippen LogP contribution in [-0.4, -0.2) is 58.7 Å². The summed E-state index contributed by atoms with van der Waals surface area (Å²) in [5.74, 6) is -1.54. The first kappa shape index (κ1) is 23.8. The number of likely N-dealkylation sites (tertiary alicyclic amines) is 1. The van der Waals surface area contributed by atoms with Crippen LogP contribution in [0.3, 0.4) is 0 Å². The standard InChI is InChI=1S/C24H21BrClN5O3/c1-30(24(34)20-10-17-18(25)7-8-19(26)22(17)29-20)13-21(32)31-12-14(9-16(31)11-27)23(33)28-15-5-3-2-4-6-15/h2-8,10,14,16,29H,9,12-13H2,1H3,(H,28,33). The molecule has 2 aromatic carbocycles. The first-order valence-electron chi connectivity index (χ1n) is 10.6. The highest BCUT2D eigenvalue weighted by atomic mass is 79.9. The Labute approximate surface area is 209 Å². The van der Waals surface area contributed by atoms with Crippen LogP contribution in [0.5, 0.6) is 0 Å². The molecule has 1 saturated heterocycles. The zero-order valence-electron chi connectivity index (χ0n) is 18.2. The summed E-state index contributed by atoms with van der Waals surface area (Å²) in [5.41, 5.74) is 1.56. The van der Waals surface area contributed by atoms with Gasteiger partial charge in [-0.25, -0.2) is 0 Å². The number of anilines is 1. The van der Waals surface area contributed by atoms with Crippen molar-refractivity contribution in [1.29, 1.82) is 5.26 Å². The number of hydrogen-bond donors (Lipinski definition) is 2. The lowest BCUT2D eigenvalue weighted by molar-refractivity contribution is -0.131. The number of aromatic amines is 1. The minimum absolute atomic E-state index is 0.118. The smallest absolute Gasteiger partial charge is 0.270 e. The molecular formula is C24H21BrClN5O3. The summed E-state index contributed by atoms with van der Waals surface area (Å²) in [6.45, 7) is -0.110. The number of para-hydroxylation sites is 1. The number of carbonyl (C=O) groups is 3. The lowest BCUT2D eigenvalue weighted by Gasteiger charge is -2.23. The lowest BCUT2D eigenvalue weighted by Crippen LogP contribution is -2.43. The van der Waals surface area contributed by atoms with Gasteiger partial charge in [0.15, 0.2) is 0 Å². The van der Waals surface area contributed by atoms with Gasteiger partial charge in [0.1, 0.15) is 11.7 Å². The molecule has 34 heavy (non-hydrogen) atoms. The second-order valence-corrected chi connectivity index (χ2v) is 9.40. The van der Waals surface area contributed by atoms with E-state index in [1.165, 1.54) is 16.8 Å². The molecule has 1 fully saturated rings. The van der Waals surface area contributed by atoms with Gasteiger partial charge in [0.05, 0.1) is 29.1 Å². The minimum Gasteiger partial charge on any atom is -0.349 e. The Bertz CT molecular complexity index is 1260. The van der Waals surface area contributed by atoms with Crippen molar-refractivity contribution in [3.05, 3.63) is 63.7 Å². The van der Waals surface area contributed by atoms with E-state index in [0.717, 1.165) is 9.86 Å². The van der Waals surface area contributed by atoms with E-state index < -0.39 is 23.8 Å². The number of amides is 3. The number of H-pyrrole nitrogens is 1. The fourth-order valence-electron chi connectivity index (χ4n) is 4.03. The van der Waals surface area contributed by atoms with Crippen molar-refractivity contribution in [2.24, 2.45) is 5.92 Å². The van der Waals surface area contributed by atoms with Crippen molar-refractivity contribution in [3.8, 4) is 6.07 Å². The number of halogens is 2. The van der Waals surface area contributed by atoms with Gasteiger partial charge in [-0.1, -0.05) is 45.7 Å². The van der Waals surface area contributed by atoms with E-state index >= 15 is 0 Å². The monoisotopic (exact) mass is 541 g/mol. The number of fused-ring (bicyclic) bond motifs is 1. The predicted octanol–water partition coefficient (Wildman–Crippen LogP) is 4.04. The number of rotatable bonds is 5. The minimum atomic E-state index is -0.731. The number of likely N-dealkylation sites (N-methyl/N-ethyl adjacent to an activating group) is 1. The Kier molecular flexibility index (Phi) is 6.91. The van der Waals surface area contributed by atoms with Crippen LogP contribution in [0.1, 0.15) is 16.9 Å². The average molecular weight is 543 g/mol. The molecule has 8 nitrogen and oxygen atoms in total. The van der Waals surface area contributed by atoms with Crippen LogP contribution < -0.4 is 5.32 Å². The summed E-state index contributed by atoms with van der Waals surface area (Å²) in [6.07, 6.45) is 0.243. The Morgan fingerprint density at radius 2 is 2.00 bits per heavy atom.